The number of hydrogen-bond donors (Lipinski definition) is 1. The summed E-state index contributed by atoms with van der Waals surface area (Å²) < 4.78 is 8.33. The van der Waals surface area contributed by atoms with Crippen molar-refractivity contribution in [3.63, 3.8) is 0 Å². The van der Waals surface area contributed by atoms with Crippen LogP contribution in [0.15, 0.2) is 18.2 Å². The van der Waals surface area contributed by atoms with Gasteiger partial charge in [-0.3, -0.25) is 0 Å². The van der Waals surface area contributed by atoms with Crippen molar-refractivity contribution in [1.29, 1.82) is 0 Å². The third-order valence-corrected chi connectivity index (χ3v) is 4.01. The molecule has 0 saturated heterocycles. The third kappa shape index (κ3) is 2.68. The van der Waals surface area contributed by atoms with Crippen LogP contribution in [0.1, 0.15) is 38.4 Å². The Bertz CT molecular complexity index is 586. The molecule has 0 aliphatic heterocycles. The second kappa shape index (κ2) is 6.31. The SMILES string of the molecule is CCC(C)Oc1ccc2c(c1)c(CNC)c(C)n2CC. The molecule has 0 aliphatic rings. The summed E-state index contributed by atoms with van der Waals surface area (Å²) in [5, 5.41) is 4.58. The Hall–Kier alpha value is -1.48. The summed E-state index contributed by atoms with van der Waals surface area (Å²) >= 11 is 0. The minimum atomic E-state index is 0.259. The first-order chi connectivity index (χ1) is 9.62. The number of fused-ring (bicyclic) bond motifs is 1. The van der Waals surface area contributed by atoms with Crippen molar-refractivity contribution in [2.24, 2.45) is 0 Å². The molecule has 0 bridgehead atoms. The Morgan fingerprint density at radius 1 is 1.30 bits per heavy atom. The van der Waals surface area contributed by atoms with Crippen molar-refractivity contribution in [3.05, 3.63) is 29.5 Å². The summed E-state index contributed by atoms with van der Waals surface area (Å²) in [6.45, 7) is 10.5. The fraction of sp³-hybridized carbons (Fsp3) is 0.529. The van der Waals surface area contributed by atoms with Gasteiger partial charge in [-0.15, -0.1) is 0 Å². The fourth-order valence-corrected chi connectivity index (χ4v) is 2.73. The molecule has 1 aromatic heterocycles. The van der Waals surface area contributed by atoms with Crippen molar-refractivity contribution in [3.8, 4) is 5.75 Å². The lowest BCUT2D eigenvalue weighted by Gasteiger charge is -2.13. The molecule has 0 amide bonds. The summed E-state index contributed by atoms with van der Waals surface area (Å²) in [4.78, 5) is 0. The quantitative estimate of drug-likeness (QED) is 0.865. The fourth-order valence-electron chi connectivity index (χ4n) is 2.73. The molecule has 0 fully saturated rings. The summed E-state index contributed by atoms with van der Waals surface area (Å²) in [7, 11) is 1.99. The Balaban J connectivity index is 2.51. The number of aromatic nitrogens is 1. The van der Waals surface area contributed by atoms with E-state index in [4.69, 9.17) is 4.74 Å². The second-order valence-corrected chi connectivity index (χ2v) is 5.35. The van der Waals surface area contributed by atoms with Gasteiger partial charge in [-0.25, -0.2) is 0 Å². The van der Waals surface area contributed by atoms with Crippen LogP contribution in [0.5, 0.6) is 5.75 Å². The predicted octanol–water partition coefficient (Wildman–Crippen LogP) is 3.87. The minimum Gasteiger partial charge on any atom is -0.491 e. The van der Waals surface area contributed by atoms with E-state index in [0.29, 0.717) is 0 Å². The van der Waals surface area contributed by atoms with Gasteiger partial charge in [-0.2, -0.15) is 0 Å². The van der Waals surface area contributed by atoms with E-state index >= 15 is 0 Å². The Morgan fingerprint density at radius 2 is 2.05 bits per heavy atom. The highest BCUT2D eigenvalue weighted by Gasteiger charge is 2.13. The smallest absolute Gasteiger partial charge is 0.120 e. The highest BCUT2D eigenvalue weighted by atomic mass is 16.5. The molecule has 0 aliphatic carbocycles. The molecule has 1 unspecified atom stereocenters. The van der Waals surface area contributed by atoms with Gasteiger partial charge in [0.15, 0.2) is 0 Å². The van der Waals surface area contributed by atoms with Gasteiger partial charge in [0.05, 0.1) is 6.10 Å². The standard InChI is InChI=1S/C17H26N2O/c1-6-12(3)20-14-8-9-17-15(10-14)16(11-18-5)13(4)19(17)7-2/h8-10,12,18H,6-7,11H2,1-5H3. The van der Waals surface area contributed by atoms with E-state index in [2.05, 4.69) is 55.8 Å². The van der Waals surface area contributed by atoms with E-state index in [1.807, 2.05) is 7.05 Å². The van der Waals surface area contributed by atoms with Crippen molar-refractivity contribution >= 4 is 10.9 Å². The first kappa shape index (κ1) is 14.9. The maximum Gasteiger partial charge on any atom is 0.120 e. The molecule has 3 nitrogen and oxygen atoms in total. The molecule has 1 heterocycles. The van der Waals surface area contributed by atoms with E-state index < -0.39 is 0 Å². The van der Waals surface area contributed by atoms with Gasteiger partial charge in [0.1, 0.15) is 5.75 Å². The number of aryl methyl sites for hydroxylation is 1. The molecular weight excluding hydrogens is 248 g/mol. The van der Waals surface area contributed by atoms with Crippen LogP contribution in [-0.4, -0.2) is 17.7 Å². The first-order valence-corrected chi connectivity index (χ1v) is 7.55. The third-order valence-electron chi connectivity index (χ3n) is 4.01. The zero-order valence-corrected chi connectivity index (χ0v) is 13.3. The highest BCUT2D eigenvalue weighted by molar-refractivity contribution is 5.87. The minimum absolute atomic E-state index is 0.259. The first-order valence-electron chi connectivity index (χ1n) is 7.55. The van der Waals surface area contributed by atoms with Gasteiger partial charge in [0.2, 0.25) is 0 Å². The van der Waals surface area contributed by atoms with E-state index in [9.17, 15) is 0 Å². The zero-order chi connectivity index (χ0) is 14.7. The van der Waals surface area contributed by atoms with Crippen LogP contribution < -0.4 is 10.1 Å². The molecule has 20 heavy (non-hydrogen) atoms. The van der Waals surface area contributed by atoms with E-state index in [0.717, 1.165) is 25.3 Å². The van der Waals surface area contributed by atoms with Crippen LogP contribution in [0.4, 0.5) is 0 Å². The number of benzene rings is 1. The molecule has 3 heteroatoms. The van der Waals surface area contributed by atoms with Crippen LogP contribution >= 0.6 is 0 Å². The normalized spacial score (nSPS) is 12.8. The van der Waals surface area contributed by atoms with Crippen LogP contribution in [0.2, 0.25) is 0 Å². The second-order valence-electron chi connectivity index (χ2n) is 5.35. The van der Waals surface area contributed by atoms with Gasteiger partial charge >= 0.3 is 0 Å². The van der Waals surface area contributed by atoms with Gasteiger partial charge in [0, 0.05) is 29.7 Å². The molecular formula is C17H26N2O. The number of nitrogens with zero attached hydrogens (tertiary/aromatic N) is 1. The maximum atomic E-state index is 5.96. The number of ether oxygens (including phenoxy) is 1. The van der Waals surface area contributed by atoms with Gasteiger partial charge in [0.25, 0.3) is 0 Å². The lowest BCUT2D eigenvalue weighted by atomic mass is 10.1. The van der Waals surface area contributed by atoms with E-state index in [-0.39, 0.29) is 6.10 Å². The monoisotopic (exact) mass is 274 g/mol. The van der Waals surface area contributed by atoms with Crippen LogP contribution in [0.25, 0.3) is 10.9 Å². The average molecular weight is 274 g/mol. The molecule has 1 N–H and O–H groups in total. The molecule has 0 spiro atoms. The number of hydrogen-bond acceptors (Lipinski definition) is 2. The lowest BCUT2D eigenvalue weighted by Crippen LogP contribution is -2.09. The maximum absolute atomic E-state index is 5.96. The average Bonchev–Trinajstić information content (AvgIpc) is 2.71. The van der Waals surface area contributed by atoms with Crippen LogP contribution in [0.3, 0.4) is 0 Å². The van der Waals surface area contributed by atoms with Gasteiger partial charge in [-0.05, 0) is 58.0 Å². The molecule has 2 rings (SSSR count). The Kier molecular flexibility index (Phi) is 4.71. The van der Waals surface area contributed by atoms with Crippen molar-refractivity contribution in [2.75, 3.05) is 7.05 Å². The lowest BCUT2D eigenvalue weighted by molar-refractivity contribution is 0.217. The Labute approximate surface area is 121 Å². The molecule has 0 radical (unpaired) electrons. The number of rotatable bonds is 6. The highest BCUT2D eigenvalue weighted by Crippen LogP contribution is 2.30. The van der Waals surface area contributed by atoms with Gasteiger partial charge in [-0.1, -0.05) is 6.92 Å². The molecule has 110 valence electrons. The molecule has 2 aromatic rings. The number of nitrogens with one attached hydrogen (secondary N) is 1. The summed E-state index contributed by atoms with van der Waals surface area (Å²) in [5.74, 6) is 0.970. The van der Waals surface area contributed by atoms with Crippen LogP contribution in [-0.2, 0) is 13.1 Å². The largest absolute Gasteiger partial charge is 0.491 e. The zero-order valence-electron chi connectivity index (χ0n) is 13.3. The predicted molar refractivity (Wildman–Crippen MR) is 85.5 cm³/mol. The van der Waals surface area contributed by atoms with Crippen molar-refractivity contribution in [2.45, 2.75) is 53.3 Å². The molecule has 1 aromatic carbocycles. The topological polar surface area (TPSA) is 26.2 Å². The van der Waals surface area contributed by atoms with Crippen molar-refractivity contribution in [1.82, 2.24) is 9.88 Å². The summed E-state index contributed by atoms with van der Waals surface area (Å²) in [6, 6.07) is 6.46. The summed E-state index contributed by atoms with van der Waals surface area (Å²) in [6.07, 6.45) is 1.28. The summed E-state index contributed by atoms with van der Waals surface area (Å²) in [5.41, 5.74) is 4.02. The van der Waals surface area contributed by atoms with Crippen molar-refractivity contribution < 1.29 is 4.74 Å². The Morgan fingerprint density at radius 3 is 2.65 bits per heavy atom. The van der Waals surface area contributed by atoms with E-state index in [1.54, 1.807) is 0 Å². The van der Waals surface area contributed by atoms with E-state index in [1.165, 1.54) is 22.2 Å². The van der Waals surface area contributed by atoms with Gasteiger partial charge < -0.3 is 14.6 Å². The molecule has 1 atom stereocenters. The molecule has 0 saturated carbocycles. The van der Waals surface area contributed by atoms with Crippen LogP contribution in [0, 0.1) is 6.92 Å².